The average molecular weight is 447 g/mol. The molecule has 2 aromatic carbocycles. The van der Waals surface area contributed by atoms with Crippen LogP contribution in [0.3, 0.4) is 0 Å². The Bertz CT molecular complexity index is 1140. The summed E-state index contributed by atoms with van der Waals surface area (Å²) >= 11 is 15.1. The number of anilines is 1. The third kappa shape index (κ3) is 3.80. The van der Waals surface area contributed by atoms with Crippen LogP contribution >= 0.6 is 45.9 Å². The quantitative estimate of drug-likeness (QED) is 0.328. The van der Waals surface area contributed by atoms with Gasteiger partial charge < -0.3 is 0 Å². The number of halogens is 2. The van der Waals surface area contributed by atoms with Crippen molar-refractivity contribution in [2.24, 2.45) is 0 Å². The first-order chi connectivity index (χ1) is 13.6. The lowest BCUT2D eigenvalue weighted by Gasteiger charge is -2.19. The summed E-state index contributed by atoms with van der Waals surface area (Å²) in [7, 11) is 0. The zero-order chi connectivity index (χ0) is 19.7. The number of thiophene rings is 1. The molecule has 28 heavy (non-hydrogen) atoms. The van der Waals surface area contributed by atoms with Gasteiger partial charge in [-0.3, -0.25) is 9.69 Å². The average Bonchev–Trinajstić information content (AvgIpc) is 3.28. The lowest BCUT2D eigenvalue weighted by atomic mass is 10.1. The number of hydrogen-bond acceptors (Lipinski definition) is 4. The predicted octanol–water partition coefficient (Wildman–Crippen LogP) is 7.07. The first kappa shape index (κ1) is 19.4. The van der Waals surface area contributed by atoms with Crippen molar-refractivity contribution in [2.75, 3.05) is 4.90 Å². The summed E-state index contributed by atoms with van der Waals surface area (Å²) in [5.41, 5.74) is 3.54. The van der Waals surface area contributed by atoms with Gasteiger partial charge in [-0.2, -0.15) is 0 Å². The van der Waals surface area contributed by atoms with Crippen molar-refractivity contribution in [1.29, 1.82) is 0 Å². The first-order valence-corrected chi connectivity index (χ1v) is 11.1. The van der Waals surface area contributed by atoms with E-state index in [1.54, 1.807) is 11.0 Å². The van der Waals surface area contributed by atoms with Gasteiger partial charge in [0, 0.05) is 0 Å². The van der Waals surface area contributed by atoms with Crippen LogP contribution in [0.4, 0.5) is 5.13 Å². The number of para-hydroxylation sites is 1. The monoisotopic (exact) mass is 446 g/mol. The van der Waals surface area contributed by atoms with E-state index in [4.69, 9.17) is 28.2 Å². The molecule has 0 saturated carbocycles. The van der Waals surface area contributed by atoms with E-state index in [1.165, 1.54) is 28.2 Å². The van der Waals surface area contributed by atoms with Crippen molar-refractivity contribution in [3.05, 3.63) is 80.0 Å². The topological polar surface area (TPSA) is 33.2 Å². The molecule has 0 aliphatic heterocycles. The van der Waals surface area contributed by atoms with Crippen molar-refractivity contribution in [2.45, 2.75) is 19.9 Å². The van der Waals surface area contributed by atoms with E-state index in [0.717, 1.165) is 22.2 Å². The van der Waals surface area contributed by atoms with E-state index in [9.17, 15) is 4.79 Å². The summed E-state index contributed by atoms with van der Waals surface area (Å²) in [6.07, 6.45) is 0.888. The number of benzene rings is 2. The molecule has 0 bridgehead atoms. The Morgan fingerprint density at radius 2 is 1.86 bits per heavy atom. The van der Waals surface area contributed by atoms with Crippen LogP contribution < -0.4 is 4.90 Å². The molecular weight excluding hydrogens is 431 g/mol. The van der Waals surface area contributed by atoms with Gasteiger partial charge >= 0.3 is 0 Å². The second kappa shape index (κ2) is 8.21. The highest BCUT2D eigenvalue weighted by molar-refractivity contribution is 7.22. The largest absolute Gasteiger partial charge is 0.279 e. The van der Waals surface area contributed by atoms with Crippen molar-refractivity contribution in [3.63, 3.8) is 0 Å². The normalized spacial score (nSPS) is 11.1. The Hall–Kier alpha value is -1.92. The van der Waals surface area contributed by atoms with Crippen LogP contribution in [0.5, 0.6) is 0 Å². The van der Waals surface area contributed by atoms with Crippen LogP contribution in [-0.2, 0) is 13.0 Å². The number of amides is 1. The SMILES string of the molecule is CCc1cccc2sc(N(Cc3ccccc3)C(=O)c3cc(Cl)sc3Cl)nc12. The maximum absolute atomic E-state index is 13.4. The van der Waals surface area contributed by atoms with Gasteiger partial charge in [0.15, 0.2) is 5.13 Å². The first-order valence-electron chi connectivity index (χ1n) is 8.76. The van der Waals surface area contributed by atoms with Gasteiger partial charge in [0.2, 0.25) is 0 Å². The van der Waals surface area contributed by atoms with Gasteiger partial charge in [-0.1, -0.05) is 83.9 Å². The van der Waals surface area contributed by atoms with Gasteiger partial charge in [0.1, 0.15) is 4.34 Å². The molecule has 0 spiro atoms. The fraction of sp³-hybridized carbons (Fsp3) is 0.143. The molecule has 4 aromatic rings. The van der Waals surface area contributed by atoms with Crippen molar-refractivity contribution >= 4 is 67.1 Å². The minimum Gasteiger partial charge on any atom is -0.279 e. The molecule has 142 valence electrons. The number of rotatable bonds is 5. The molecule has 0 saturated heterocycles. The molecular formula is C21H16Cl2N2OS2. The fourth-order valence-electron chi connectivity index (χ4n) is 3.02. The summed E-state index contributed by atoms with van der Waals surface area (Å²) in [6, 6.07) is 17.6. The number of carbonyl (C=O) groups is 1. The summed E-state index contributed by atoms with van der Waals surface area (Å²) in [6.45, 7) is 2.51. The Kier molecular flexibility index (Phi) is 5.69. The minimum atomic E-state index is -0.200. The predicted molar refractivity (Wildman–Crippen MR) is 120 cm³/mol. The number of carbonyl (C=O) groups excluding carboxylic acids is 1. The zero-order valence-electron chi connectivity index (χ0n) is 15.0. The van der Waals surface area contributed by atoms with Crippen molar-refractivity contribution in [1.82, 2.24) is 4.98 Å². The maximum Gasteiger partial charge on any atom is 0.262 e. The van der Waals surface area contributed by atoms with Crippen molar-refractivity contribution in [3.8, 4) is 0 Å². The van der Waals surface area contributed by atoms with Gasteiger partial charge in [-0.15, -0.1) is 11.3 Å². The van der Waals surface area contributed by atoms with Crippen LogP contribution in [0.1, 0.15) is 28.4 Å². The molecule has 0 fully saturated rings. The van der Waals surface area contributed by atoms with E-state index in [0.29, 0.717) is 25.9 Å². The van der Waals surface area contributed by atoms with Crippen molar-refractivity contribution < 1.29 is 4.79 Å². The third-order valence-electron chi connectivity index (χ3n) is 4.42. The highest BCUT2D eigenvalue weighted by atomic mass is 35.5. The molecule has 0 radical (unpaired) electrons. The summed E-state index contributed by atoms with van der Waals surface area (Å²) in [5, 5.41) is 0.656. The molecule has 4 rings (SSSR count). The number of thiazole rings is 1. The number of aromatic nitrogens is 1. The third-order valence-corrected chi connectivity index (χ3v) is 6.95. The van der Waals surface area contributed by atoms with E-state index < -0.39 is 0 Å². The van der Waals surface area contributed by atoms with E-state index >= 15 is 0 Å². The van der Waals surface area contributed by atoms with Gasteiger partial charge in [-0.25, -0.2) is 4.98 Å². The Morgan fingerprint density at radius 3 is 2.54 bits per heavy atom. The van der Waals surface area contributed by atoms with E-state index in [2.05, 4.69) is 13.0 Å². The molecule has 0 aliphatic rings. The molecule has 0 atom stereocenters. The molecule has 3 nitrogen and oxygen atoms in total. The molecule has 2 heterocycles. The highest BCUT2D eigenvalue weighted by Gasteiger charge is 2.25. The van der Waals surface area contributed by atoms with E-state index in [-0.39, 0.29) is 5.91 Å². The molecule has 1 amide bonds. The molecule has 0 unspecified atom stereocenters. The summed E-state index contributed by atoms with van der Waals surface area (Å²) < 4.78 is 1.95. The lowest BCUT2D eigenvalue weighted by molar-refractivity contribution is 0.0985. The number of aryl methyl sites for hydroxylation is 1. The molecule has 0 N–H and O–H groups in total. The van der Waals surface area contributed by atoms with Crippen LogP contribution in [-0.4, -0.2) is 10.9 Å². The molecule has 7 heteroatoms. The van der Waals surface area contributed by atoms with Crippen LogP contribution in [0, 0.1) is 0 Å². The van der Waals surface area contributed by atoms with E-state index in [1.807, 2.05) is 42.5 Å². The van der Waals surface area contributed by atoms with Crippen LogP contribution in [0.25, 0.3) is 10.2 Å². The lowest BCUT2D eigenvalue weighted by Crippen LogP contribution is -2.30. The number of nitrogens with zero attached hydrogens (tertiary/aromatic N) is 2. The molecule has 2 aromatic heterocycles. The molecule has 0 aliphatic carbocycles. The number of fused-ring (bicyclic) bond motifs is 1. The fourth-order valence-corrected chi connectivity index (χ4v) is 5.48. The van der Waals surface area contributed by atoms with Gasteiger partial charge in [-0.05, 0) is 29.7 Å². The standard InChI is InChI=1S/C21H16Cl2N2OS2/c1-2-14-9-6-10-16-18(14)24-21(27-16)25(12-13-7-4-3-5-8-13)20(26)15-11-17(22)28-19(15)23/h3-11H,2,12H2,1H3. The van der Waals surface area contributed by atoms with Gasteiger partial charge in [0.25, 0.3) is 5.91 Å². The van der Waals surface area contributed by atoms with Gasteiger partial charge in [0.05, 0.1) is 26.7 Å². The highest BCUT2D eigenvalue weighted by Crippen LogP contribution is 2.36. The second-order valence-electron chi connectivity index (χ2n) is 6.23. The maximum atomic E-state index is 13.4. The Balaban J connectivity index is 1.81. The number of hydrogen-bond donors (Lipinski definition) is 0. The zero-order valence-corrected chi connectivity index (χ0v) is 18.1. The van der Waals surface area contributed by atoms with Crippen LogP contribution in [0.2, 0.25) is 8.67 Å². The Labute approximate surface area is 181 Å². The smallest absolute Gasteiger partial charge is 0.262 e. The minimum absolute atomic E-state index is 0.200. The second-order valence-corrected chi connectivity index (χ2v) is 9.52. The Morgan fingerprint density at radius 1 is 1.07 bits per heavy atom. The van der Waals surface area contributed by atoms with Crippen LogP contribution in [0.15, 0.2) is 54.6 Å². The summed E-state index contributed by atoms with van der Waals surface area (Å²) in [5.74, 6) is -0.200. The summed E-state index contributed by atoms with van der Waals surface area (Å²) in [4.78, 5) is 19.9.